The van der Waals surface area contributed by atoms with Crippen LogP contribution in [0, 0.1) is 5.82 Å². The van der Waals surface area contributed by atoms with Gasteiger partial charge in [0.15, 0.2) is 0 Å². The summed E-state index contributed by atoms with van der Waals surface area (Å²) in [4.78, 5) is 18.2. The SMILES string of the molecule is O=C(Cc1ccc(F)cn1)N1CCCCCC1CCO. The predicted molar refractivity (Wildman–Crippen MR) is 73.6 cm³/mol. The molecule has 1 aromatic heterocycles. The van der Waals surface area contributed by atoms with E-state index in [0.29, 0.717) is 12.1 Å². The highest BCUT2D eigenvalue weighted by Crippen LogP contribution is 2.20. The summed E-state index contributed by atoms with van der Waals surface area (Å²) in [5, 5.41) is 9.14. The van der Waals surface area contributed by atoms with E-state index in [1.54, 1.807) is 6.07 Å². The van der Waals surface area contributed by atoms with Crippen LogP contribution in [-0.2, 0) is 11.2 Å². The molecule has 0 bridgehead atoms. The number of amides is 1. The molecular formula is C15H21FN2O2. The zero-order valence-corrected chi connectivity index (χ0v) is 11.6. The van der Waals surface area contributed by atoms with Crippen LogP contribution in [0.3, 0.4) is 0 Å². The molecule has 4 nitrogen and oxygen atoms in total. The highest BCUT2D eigenvalue weighted by Gasteiger charge is 2.25. The second-order valence-electron chi connectivity index (χ2n) is 5.25. The summed E-state index contributed by atoms with van der Waals surface area (Å²) in [6.45, 7) is 0.841. The molecule has 2 rings (SSSR count). The average molecular weight is 280 g/mol. The van der Waals surface area contributed by atoms with E-state index in [1.165, 1.54) is 6.07 Å². The first-order valence-corrected chi connectivity index (χ1v) is 7.21. The minimum atomic E-state index is -0.394. The molecule has 1 aliphatic heterocycles. The van der Waals surface area contributed by atoms with Gasteiger partial charge in [0.1, 0.15) is 5.82 Å². The monoisotopic (exact) mass is 280 g/mol. The molecule has 0 saturated carbocycles. The summed E-state index contributed by atoms with van der Waals surface area (Å²) < 4.78 is 12.8. The van der Waals surface area contributed by atoms with Crippen molar-refractivity contribution in [1.29, 1.82) is 0 Å². The topological polar surface area (TPSA) is 53.4 Å². The minimum Gasteiger partial charge on any atom is -0.396 e. The van der Waals surface area contributed by atoms with Crippen molar-refractivity contribution in [1.82, 2.24) is 9.88 Å². The molecule has 1 fully saturated rings. The Morgan fingerprint density at radius 1 is 1.40 bits per heavy atom. The van der Waals surface area contributed by atoms with Gasteiger partial charge in [-0.15, -0.1) is 0 Å². The van der Waals surface area contributed by atoms with Crippen LogP contribution >= 0.6 is 0 Å². The molecule has 0 radical (unpaired) electrons. The average Bonchev–Trinajstić information content (AvgIpc) is 2.67. The molecule has 2 heterocycles. The molecule has 1 N–H and O–H groups in total. The first-order chi connectivity index (χ1) is 9.70. The number of nitrogens with zero attached hydrogens (tertiary/aromatic N) is 2. The Hall–Kier alpha value is -1.49. The predicted octanol–water partition coefficient (Wildman–Crippen LogP) is 1.92. The Balaban J connectivity index is 2.02. The summed E-state index contributed by atoms with van der Waals surface area (Å²) in [6.07, 6.45) is 6.14. The lowest BCUT2D eigenvalue weighted by molar-refractivity contribution is -0.133. The van der Waals surface area contributed by atoms with Gasteiger partial charge in [-0.25, -0.2) is 4.39 Å². The number of carbonyl (C=O) groups is 1. The standard InChI is InChI=1S/C15H21FN2O2/c16-12-5-6-13(17-11-12)10-15(20)18-8-3-1-2-4-14(18)7-9-19/h5-6,11,14,19H,1-4,7-10H2. The minimum absolute atomic E-state index is 0.0180. The number of hydrogen-bond acceptors (Lipinski definition) is 3. The van der Waals surface area contributed by atoms with Crippen LogP contribution in [0.1, 0.15) is 37.8 Å². The highest BCUT2D eigenvalue weighted by atomic mass is 19.1. The van der Waals surface area contributed by atoms with E-state index in [0.717, 1.165) is 38.4 Å². The van der Waals surface area contributed by atoms with E-state index in [4.69, 9.17) is 5.11 Å². The third kappa shape index (κ3) is 4.00. The number of aliphatic hydroxyl groups excluding tert-OH is 1. The molecule has 0 spiro atoms. The molecule has 1 aliphatic rings. The van der Waals surface area contributed by atoms with Gasteiger partial charge >= 0.3 is 0 Å². The number of halogens is 1. The highest BCUT2D eigenvalue weighted by molar-refractivity contribution is 5.78. The molecule has 20 heavy (non-hydrogen) atoms. The van der Waals surface area contributed by atoms with Gasteiger partial charge in [0, 0.05) is 24.9 Å². The summed E-state index contributed by atoms with van der Waals surface area (Å²) in [6, 6.07) is 2.99. The van der Waals surface area contributed by atoms with Gasteiger partial charge in [-0.3, -0.25) is 9.78 Å². The van der Waals surface area contributed by atoms with Crippen LogP contribution in [0.4, 0.5) is 4.39 Å². The van der Waals surface area contributed by atoms with Gasteiger partial charge in [0.2, 0.25) is 5.91 Å². The maximum atomic E-state index is 12.8. The lowest BCUT2D eigenvalue weighted by Crippen LogP contribution is -2.41. The van der Waals surface area contributed by atoms with Crippen molar-refractivity contribution >= 4 is 5.91 Å². The number of carbonyl (C=O) groups excluding carboxylic acids is 1. The van der Waals surface area contributed by atoms with Crippen LogP contribution in [0.15, 0.2) is 18.3 Å². The molecule has 110 valence electrons. The first kappa shape index (κ1) is 14.9. The number of pyridine rings is 1. The van der Waals surface area contributed by atoms with Crippen LogP contribution in [-0.4, -0.2) is 40.1 Å². The smallest absolute Gasteiger partial charge is 0.228 e. The molecule has 1 saturated heterocycles. The molecular weight excluding hydrogens is 259 g/mol. The lowest BCUT2D eigenvalue weighted by atomic mass is 10.1. The number of aliphatic hydroxyl groups is 1. The fraction of sp³-hybridized carbons (Fsp3) is 0.600. The number of aromatic nitrogens is 1. The van der Waals surface area contributed by atoms with Gasteiger partial charge in [-0.1, -0.05) is 12.8 Å². The van der Waals surface area contributed by atoms with E-state index in [9.17, 15) is 9.18 Å². The van der Waals surface area contributed by atoms with E-state index >= 15 is 0 Å². The van der Waals surface area contributed by atoms with Crippen LogP contribution in [0.25, 0.3) is 0 Å². The summed E-state index contributed by atoms with van der Waals surface area (Å²) in [7, 11) is 0. The largest absolute Gasteiger partial charge is 0.396 e. The van der Waals surface area contributed by atoms with Gasteiger partial charge in [0.05, 0.1) is 12.6 Å². The van der Waals surface area contributed by atoms with Crippen molar-refractivity contribution in [3.05, 3.63) is 29.8 Å². The lowest BCUT2D eigenvalue weighted by Gasteiger charge is -2.29. The Labute approximate surface area is 118 Å². The van der Waals surface area contributed by atoms with Gasteiger partial charge < -0.3 is 10.0 Å². The molecule has 1 amide bonds. The Bertz CT molecular complexity index is 436. The van der Waals surface area contributed by atoms with Crippen molar-refractivity contribution in [2.75, 3.05) is 13.2 Å². The molecule has 0 aliphatic carbocycles. The van der Waals surface area contributed by atoms with Crippen molar-refractivity contribution in [3.63, 3.8) is 0 Å². The maximum Gasteiger partial charge on any atom is 0.228 e. The third-order valence-corrected chi connectivity index (χ3v) is 3.78. The van der Waals surface area contributed by atoms with Crippen LogP contribution < -0.4 is 0 Å². The third-order valence-electron chi connectivity index (χ3n) is 3.78. The number of rotatable bonds is 4. The quantitative estimate of drug-likeness (QED) is 0.916. The maximum absolute atomic E-state index is 12.8. The van der Waals surface area contributed by atoms with Crippen molar-refractivity contribution in [2.45, 2.75) is 44.6 Å². The Morgan fingerprint density at radius 2 is 2.25 bits per heavy atom. The normalized spacial score (nSPS) is 19.7. The number of likely N-dealkylation sites (tertiary alicyclic amines) is 1. The zero-order chi connectivity index (χ0) is 14.4. The first-order valence-electron chi connectivity index (χ1n) is 7.21. The van der Waals surface area contributed by atoms with E-state index < -0.39 is 5.82 Å². The van der Waals surface area contributed by atoms with E-state index in [-0.39, 0.29) is 25.0 Å². The van der Waals surface area contributed by atoms with Crippen LogP contribution in [0.2, 0.25) is 0 Å². The van der Waals surface area contributed by atoms with Crippen molar-refractivity contribution < 1.29 is 14.3 Å². The Morgan fingerprint density at radius 3 is 2.95 bits per heavy atom. The van der Waals surface area contributed by atoms with Crippen molar-refractivity contribution in [3.8, 4) is 0 Å². The fourth-order valence-electron chi connectivity index (χ4n) is 2.72. The summed E-state index contributed by atoms with van der Waals surface area (Å²) >= 11 is 0. The van der Waals surface area contributed by atoms with E-state index in [1.807, 2.05) is 4.90 Å². The van der Waals surface area contributed by atoms with Gasteiger partial charge in [0.25, 0.3) is 0 Å². The number of hydrogen-bond donors (Lipinski definition) is 1. The van der Waals surface area contributed by atoms with Gasteiger partial charge in [-0.05, 0) is 31.4 Å². The molecule has 0 aromatic carbocycles. The molecule has 1 atom stereocenters. The van der Waals surface area contributed by atoms with Crippen LogP contribution in [0.5, 0.6) is 0 Å². The van der Waals surface area contributed by atoms with Crippen molar-refractivity contribution in [2.24, 2.45) is 0 Å². The molecule has 1 aromatic rings. The van der Waals surface area contributed by atoms with E-state index in [2.05, 4.69) is 4.98 Å². The molecule has 1 unspecified atom stereocenters. The molecule has 5 heteroatoms. The summed E-state index contributed by atoms with van der Waals surface area (Å²) in [5.41, 5.74) is 0.586. The Kier molecular flexibility index (Phi) is 5.47. The second-order valence-corrected chi connectivity index (χ2v) is 5.25. The summed E-state index contributed by atoms with van der Waals surface area (Å²) in [5.74, 6) is -0.376. The van der Waals surface area contributed by atoms with Gasteiger partial charge in [-0.2, -0.15) is 0 Å². The second kappa shape index (κ2) is 7.33. The zero-order valence-electron chi connectivity index (χ0n) is 11.6. The fourth-order valence-corrected chi connectivity index (χ4v) is 2.72.